The van der Waals surface area contributed by atoms with Crippen molar-refractivity contribution < 1.29 is 4.57 Å². The fourth-order valence-electron chi connectivity index (χ4n) is 5.95. The lowest BCUT2D eigenvalue weighted by Gasteiger charge is -2.20. The minimum atomic E-state index is -3.13. The molecule has 50 heavy (non-hydrogen) atoms. The normalized spacial score (nSPS) is 11.3. The zero-order valence-electron chi connectivity index (χ0n) is 26.9. The van der Waals surface area contributed by atoms with Gasteiger partial charge in [0.1, 0.15) is 0 Å². The maximum Gasteiger partial charge on any atom is 0.171 e. The maximum atomic E-state index is 15.0. The molecule has 0 unspecified atom stereocenters. The van der Waals surface area contributed by atoms with Gasteiger partial charge in [-0.3, -0.25) is 9.97 Å². The summed E-state index contributed by atoms with van der Waals surface area (Å²) in [6.45, 7) is 0. The average molecular weight is 664 g/mol. The van der Waals surface area contributed by atoms with Crippen molar-refractivity contribution in [1.82, 2.24) is 24.9 Å². The highest BCUT2D eigenvalue weighted by Crippen LogP contribution is 2.42. The first kappa shape index (κ1) is 30.9. The SMILES string of the molecule is O=P(c1ccccc1)(c1ccccc1)c1ccc(-c2nc(-c3ccc(-c4ccccn4)cc3)nc(-c3ccc(-c4ccccn4)cc3)n2)cc1. The Morgan fingerprint density at radius 3 is 1.00 bits per heavy atom. The first-order valence-electron chi connectivity index (χ1n) is 16.3. The Bertz CT molecular complexity index is 2260. The van der Waals surface area contributed by atoms with E-state index in [2.05, 4.69) is 9.97 Å². The summed E-state index contributed by atoms with van der Waals surface area (Å²) >= 11 is 0. The Balaban J connectivity index is 1.21. The van der Waals surface area contributed by atoms with E-state index in [-0.39, 0.29) is 0 Å². The second-order valence-corrected chi connectivity index (χ2v) is 14.5. The molecule has 0 aliphatic rings. The molecule has 0 spiro atoms. The molecule has 0 radical (unpaired) electrons. The van der Waals surface area contributed by atoms with Gasteiger partial charge in [0.25, 0.3) is 0 Å². The van der Waals surface area contributed by atoms with E-state index < -0.39 is 7.14 Å². The number of rotatable bonds is 8. The van der Waals surface area contributed by atoms with Gasteiger partial charge in [-0.15, -0.1) is 0 Å². The zero-order valence-corrected chi connectivity index (χ0v) is 27.8. The molecule has 3 heterocycles. The lowest BCUT2D eigenvalue weighted by molar-refractivity contribution is 0.592. The van der Waals surface area contributed by atoms with Crippen molar-refractivity contribution in [2.24, 2.45) is 0 Å². The summed E-state index contributed by atoms with van der Waals surface area (Å²) in [5.41, 5.74) is 6.31. The standard InChI is InChI=1S/C43H30N5OP/c49-50(36-11-3-1-4-12-36,37-13-5-2-6-14-37)38-27-25-35(26-28-38)43-47-41(33-21-17-31(18-22-33)39-15-7-9-29-44-39)46-42(48-43)34-23-19-32(20-24-34)40-16-8-10-30-45-40/h1-30H. The van der Waals surface area contributed by atoms with Crippen molar-refractivity contribution in [3.8, 4) is 56.7 Å². The predicted molar refractivity (Wildman–Crippen MR) is 202 cm³/mol. The molecule has 0 atom stereocenters. The minimum Gasteiger partial charge on any atom is -0.309 e. The molecule has 5 aromatic carbocycles. The molecule has 0 saturated heterocycles. The minimum absolute atomic E-state index is 0.522. The molecule has 7 heteroatoms. The molecule has 6 nitrogen and oxygen atoms in total. The van der Waals surface area contributed by atoms with Gasteiger partial charge in [-0.25, -0.2) is 15.0 Å². The van der Waals surface area contributed by atoms with Crippen LogP contribution in [0.15, 0.2) is 182 Å². The summed E-state index contributed by atoms with van der Waals surface area (Å²) in [6.07, 6.45) is 3.58. The Morgan fingerprint density at radius 2 is 0.640 bits per heavy atom. The van der Waals surface area contributed by atoms with E-state index in [0.717, 1.165) is 55.1 Å². The second kappa shape index (κ2) is 13.6. The molecule has 0 amide bonds. The summed E-state index contributed by atoms with van der Waals surface area (Å²) < 4.78 is 15.0. The Morgan fingerprint density at radius 1 is 0.320 bits per heavy atom. The van der Waals surface area contributed by atoms with Crippen LogP contribution in [-0.2, 0) is 4.57 Å². The molecular weight excluding hydrogens is 633 g/mol. The maximum absolute atomic E-state index is 15.0. The molecule has 0 fully saturated rings. The van der Waals surface area contributed by atoms with Crippen LogP contribution in [0.1, 0.15) is 0 Å². The Labute approximate surface area is 290 Å². The summed E-state index contributed by atoms with van der Waals surface area (Å²) in [6, 6.07) is 55.0. The van der Waals surface area contributed by atoms with E-state index >= 15 is 0 Å². The van der Waals surface area contributed by atoms with Crippen LogP contribution in [0.5, 0.6) is 0 Å². The topological polar surface area (TPSA) is 81.5 Å². The number of pyridine rings is 2. The molecule has 3 aromatic heterocycles. The van der Waals surface area contributed by atoms with Gasteiger partial charge in [-0.1, -0.05) is 146 Å². The van der Waals surface area contributed by atoms with E-state index in [1.54, 1.807) is 12.4 Å². The number of benzene rings is 5. The van der Waals surface area contributed by atoms with Crippen molar-refractivity contribution in [1.29, 1.82) is 0 Å². The van der Waals surface area contributed by atoms with Crippen LogP contribution < -0.4 is 15.9 Å². The predicted octanol–water partition coefficient (Wildman–Crippen LogP) is 8.64. The third-order valence-electron chi connectivity index (χ3n) is 8.57. The molecule has 8 aromatic rings. The van der Waals surface area contributed by atoms with E-state index in [4.69, 9.17) is 15.0 Å². The van der Waals surface area contributed by atoms with Gasteiger partial charge in [0.2, 0.25) is 0 Å². The third-order valence-corrected chi connectivity index (χ3v) is 11.6. The van der Waals surface area contributed by atoms with Gasteiger partial charge >= 0.3 is 0 Å². The highest BCUT2D eigenvalue weighted by molar-refractivity contribution is 7.85. The molecule has 0 N–H and O–H groups in total. The Hall–Kier alpha value is -6.36. The quantitative estimate of drug-likeness (QED) is 0.152. The second-order valence-electron chi connectivity index (χ2n) is 11.7. The van der Waals surface area contributed by atoms with Crippen molar-refractivity contribution in [3.05, 3.63) is 182 Å². The van der Waals surface area contributed by atoms with Crippen LogP contribution in [0.25, 0.3) is 56.7 Å². The van der Waals surface area contributed by atoms with Crippen LogP contribution in [0.4, 0.5) is 0 Å². The molecular formula is C43H30N5OP. The van der Waals surface area contributed by atoms with E-state index in [1.165, 1.54) is 0 Å². The van der Waals surface area contributed by atoms with Crippen LogP contribution in [0.2, 0.25) is 0 Å². The van der Waals surface area contributed by atoms with Crippen molar-refractivity contribution in [3.63, 3.8) is 0 Å². The smallest absolute Gasteiger partial charge is 0.171 e. The van der Waals surface area contributed by atoms with Crippen LogP contribution in [0.3, 0.4) is 0 Å². The van der Waals surface area contributed by atoms with Crippen LogP contribution in [-0.4, -0.2) is 24.9 Å². The fourth-order valence-corrected chi connectivity index (χ4v) is 8.60. The summed E-state index contributed by atoms with van der Waals surface area (Å²) in [4.78, 5) is 23.8. The van der Waals surface area contributed by atoms with Crippen LogP contribution in [0, 0.1) is 0 Å². The average Bonchev–Trinajstić information content (AvgIpc) is 3.22. The van der Waals surface area contributed by atoms with Crippen LogP contribution >= 0.6 is 7.14 Å². The monoisotopic (exact) mass is 663 g/mol. The molecule has 0 saturated carbocycles. The number of hydrogen-bond donors (Lipinski definition) is 0. The largest absolute Gasteiger partial charge is 0.309 e. The molecule has 0 aliphatic heterocycles. The highest BCUT2D eigenvalue weighted by atomic mass is 31.2. The highest BCUT2D eigenvalue weighted by Gasteiger charge is 2.29. The van der Waals surface area contributed by atoms with E-state index in [1.807, 2.05) is 170 Å². The summed E-state index contributed by atoms with van der Waals surface area (Å²) in [7, 11) is -3.13. The first-order chi connectivity index (χ1) is 24.6. The third kappa shape index (κ3) is 6.16. The van der Waals surface area contributed by atoms with E-state index in [9.17, 15) is 4.57 Å². The zero-order chi connectivity index (χ0) is 33.8. The van der Waals surface area contributed by atoms with Crippen molar-refractivity contribution >= 4 is 23.1 Å². The van der Waals surface area contributed by atoms with Gasteiger partial charge < -0.3 is 4.57 Å². The van der Waals surface area contributed by atoms with Gasteiger partial charge in [0.05, 0.1) is 11.4 Å². The summed E-state index contributed by atoms with van der Waals surface area (Å²) in [5.74, 6) is 1.62. The summed E-state index contributed by atoms with van der Waals surface area (Å²) in [5, 5.41) is 2.31. The van der Waals surface area contributed by atoms with Gasteiger partial charge in [0.15, 0.2) is 24.6 Å². The number of nitrogens with zero attached hydrogens (tertiary/aromatic N) is 5. The van der Waals surface area contributed by atoms with Gasteiger partial charge in [0, 0.05) is 56.1 Å². The Kier molecular flexibility index (Phi) is 8.44. The molecule has 0 aliphatic carbocycles. The van der Waals surface area contributed by atoms with Crippen molar-refractivity contribution in [2.75, 3.05) is 0 Å². The molecule has 238 valence electrons. The van der Waals surface area contributed by atoms with Gasteiger partial charge in [-0.05, 0) is 24.3 Å². The van der Waals surface area contributed by atoms with Gasteiger partial charge in [-0.2, -0.15) is 0 Å². The molecule has 8 rings (SSSR count). The first-order valence-corrected chi connectivity index (χ1v) is 18.0. The number of hydrogen-bond acceptors (Lipinski definition) is 6. The van der Waals surface area contributed by atoms with E-state index in [0.29, 0.717) is 17.5 Å². The molecule has 0 bridgehead atoms. The lowest BCUT2D eigenvalue weighted by Crippen LogP contribution is -2.24. The lowest BCUT2D eigenvalue weighted by atomic mass is 10.1. The number of aromatic nitrogens is 5. The van der Waals surface area contributed by atoms with Crippen molar-refractivity contribution in [2.45, 2.75) is 0 Å². The fraction of sp³-hybridized carbons (Fsp3) is 0.